The SMILES string of the molecule is NCc1ccc(S(=O)(=O)NCc2cccc(C(F)(F)F)c2)cc1. The first-order valence-corrected chi connectivity index (χ1v) is 8.15. The number of rotatable bonds is 5. The van der Waals surface area contributed by atoms with E-state index in [-0.39, 0.29) is 23.5 Å². The first-order valence-electron chi connectivity index (χ1n) is 6.67. The summed E-state index contributed by atoms with van der Waals surface area (Å²) in [5, 5.41) is 0. The Balaban J connectivity index is 2.13. The number of hydrogen-bond acceptors (Lipinski definition) is 3. The van der Waals surface area contributed by atoms with Gasteiger partial charge >= 0.3 is 6.18 Å². The van der Waals surface area contributed by atoms with Crippen molar-refractivity contribution in [3.05, 3.63) is 65.2 Å². The maximum Gasteiger partial charge on any atom is 0.416 e. The molecule has 0 aliphatic carbocycles. The van der Waals surface area contributed by atoms with Gasteiger partial charge in [0.15, 0.2) is 0 Å². The lowest BCUT2D eigenvalue weighted by Gasteiger charge is -2.10. The fraction of sp³-hybridized carbons (Fsp3) is 0.200. The third-order valence-electron chi connectivity index (χ3n) is 3.19. The molecule has 0 amide bonds. The Labute approximate surface area is 132 Å². The Morgan fingerprint density at radius 3 is 2.22 bits per heavy atom. The second-order valence-electron chi connectivity index (χ2n) is 4.87. The van der Waals surface area contributed by atoms with Gasteiger partial charge in [0, 0.05) is 13.1 Å². The zero-order chi connectivity index (χ0) is 17.1. The van der Waals surface area contributed by atoms with E-state index in [9.17, 15) is 21.6 Å². The van der Waals surface area contributed by atoms with Gasteiger partial charge in [-0.05, 0) is 29.3 Å². The molecule has 0 saturated carbocycles. The minimum absolute atomic E-state index is 0.0293. The van der Waals surface area contributed by atoms with Crippen LogP contribution in [0.5, 0.6) is 0 Å². The van der Waals surface area contributed by atoms with Crippen molar-refractivity contribution < 1.29 is 21.6 Å². The van der Waals surface area contributed by atoms with Crippen molar-refractivity contribution in [2.75, 3.05) is 0 Å². The van der Waals surface area contributed by atoms with Gasteiger partial charge in [0.05, 0.1) is 10.5 Å². The van der Waals surface area contributed by atoms with Crippen LogP contribution in [0.2, 0.25) is 0 Å². The van der Waals surface area contributed by atoms with Crippen LogP contribution in [-0.2, 0) is 29.3 Å². The largest absolute Gasteiger partial charge is 0.416 e. The molecule has 0 bridgehead atoms. The standard InChI is InChI=1S/C15H15F3N2O2S/c16-15(17,18)13-3-1-2-12(8-13)10-20-23(21,22)14-6-4-11(9-19)5-7-14/h1-8,20H,9-10,19H2. The summed E-state index contributed by atoms with van der Waals surface area (Å²) >= 11 is 0. The van der Waals surface area contributed by atoms with Crippen molar-refractivity contribution in [2.24, 2.45) is 5.73 Å². The summed E-state index contributed by atoms with van der Waals surface area (Å²) in [7, 11) is -3.80. The van der Waals surface area contributed by atoms with Gasteiger partial charge in [-0.1, -0.05) is 30.3 Å². The Hall–Kier alpha value is -1.90. The predicted molar refractivity (Wildman–Crippen MR) is 79.8 cm³/mol. The van der Waals surface area contributed by atoms with E-state index in [1.165, 1.54) is 24.3 Å². The lowest BCUT2D eigenvalue weighted by atomic mass is 10.1. The van der Waals surface area contributed by atoms with Gasteiger partial charge in [-0.3, -0.25) is 0 Å². The number of hydrogen-bond donors (Lipinski definition) is 2. The molecule has 0 saturated heterocycles. The monoisotopic (exact) mass is 344 g/mol. The van der Waals surface area contributed by atoms with Crippen molar-refractivity contribution >= 4 is 10.0 Å². The molecule has 4 nitrogen and oxygen atoms in total. The highest BCUT2D eigenvalue weighted by Crippen LogP contribution is 2.29. The molecule has 0 aromatic heterocycles. The summed E-state index contributed by atoms with van der Waals surface area (Å²) in [5.74, 6) is 0. The molecule has 0 unspecified atom stereocenters. The first kappa shape index (κ1) is 17.5. The number of sulfonamides is 1. The molecule has 2 aromatic carbocycles. The third-order valence-corrected chi connectivity index (χ3v) is 4.61. The van der Waals surface area contributed by atoms with Gasteiger partial charge in [-0.25, -0.2) is 13.1 Å². The van der Waals surface area contributed by atoms with Gasteiger partial charge in [0.1, 0.15) is 0 Å². The molecule has 124 valence electrons. The molecule has 0 fully saturated rings. The summed E-state index contributed by atoms with van der Waals surface area (Å²) < 4.78 is 64.4. The van der Waals surface area contributed by atoms with Crippen LogP contribution in [0.25, 0.3) is 0 Å². The molecule has 8 heteroatoms. The summed E-state index contributed by atoms with van der Waals surface area (Å²) in [6, 6.07) is 10.5. The number of halogens is 3. The van der Waals surface area contributed by atoms with Crippen molar-refractivity contribution in [3.63, 3.8) is 0 Å². The minimum Gasteiger partial charge on any atom is -0.326 e. The zero-order valence-corrected chi connectivity index (χ0v) is 12.8. The van der Waals surface area contributed by atoms with E-state index in [0.29, 0.717) is 0 Å². The lowest BCUT2D eigenvalue weighted by molar-refractivity contribution is -0.137. The number of alkyl halides is 3. The maximum atomic E-state index is 12.6. The summed E-state index contributed by atoms with van der Waals surface area (Å²) in [5.41, 5.74) is 5.62. The van der Waals surface area contributed by atoms with Crippen molar-refractivity contribution in [3.8, 4) is 0 Å². The van der Waals surface area contributed by atoms with Crippen LogP contribution in [0.3, 0.4) is 0 Å². The van der Waals surface area contributed by atoms with E-state index in [1.54, 1.807) is 12.1 Å². The summed E-state index contributed by atoms with van der Waals surface area (Å²) in [6.45, 7) is 0.0584. The average Bonchev–Trinajstić information content (AvgIpc) is 2.52. The van der Waals surface area contributed by atoms with E-state index in [4.69, 9.17) is 5.73 Å². The Bertz CT molecular complexity index is 772. The van der Waals surface area contributed by atoms with E-state index < -0.39 is 21.8 Å². The van der Waals surface area contributed by atoms with E-state index in [0.717, 1.165) is 17.7 Å². The molecule has 0 aliphatic rings. The lowest BCUT2D eigenvalue weighted by Crippen LogP contribution is -2.23. The van der Waals surface area contributed by atoms with Crippen LogP contribution >= 0.6 is 0 Å². The fourth-order valence-corrected chi connectivity index (χ4v) is 2.94. The van der Waals surface area contributed by atoms with Gasteiger partial charge in [-0.15, -0.1) is 0 Å². The Morgan fingerprint density at radius 1 is 1.00 bits per heavy atom. The number of benzene rings is 2. The molecular weight excluding hydrogens is 329 g/mol. The number of nitrogens with one attached hydrogen (secondary N) is 1. The Kier molecular flexibility index (Phi) is 5.08. The Morgan fingerprint density at radius 2 is 1.65 bits per heavy atom. The quantitative estimate of drug-likeness (QED) is 0.876. The highest BCUT2D eigenvalue weighted by atomic mass is 32.2. The van der Waals surface area contributed by atoms with Gasteiger partial charge < -0.3 is 5.73 Å². The first-order chi connectivity index (χ1) is 10.7. The molecule has 2 aromatic rings. The third kappa shape index (κ3) is 4.54. The van der Waals surface area contributed by atoms with Gasteiger partial charge in [0.2, 0.25) is 10.0 Å². The zero-order valence-electron chi connectivity index (χ0n) is 12.0. The van der Waals surface area contributed by atoms with Gasteiger partial charge in [-0.2, -0.15) is 13.2 Å². The molecule has 0 radical (unpaired) electrons. The van der Waals surface area contributed by atoms with Crippen molar-refractivity contribution in [2.45, 2.75) is 24.2 Å². The van der Waals surface area contributed by atoms with E-state index in [1.807, 2.05) is 0 Å². The highest BCUT2D eigenvalue weighted by Gasteiger charge is 2.30. The summed E-state index contributed by atoms with van der Waals surface area (Å²) in [6.07, 6.45) is -4.47. The normalized spacial score (nSPS) is 12.3. The van der Waals surface area contributed by atoms with Gasteiger partial charge in [0.25, 0.3) is 0 Å². The van der Waals surface area contributed by atoms with Crippen LogP contribution in [0.4, 0.5) is 13.2 Å². The molecule has 0 spiro atoms. The molecule has 0 aliphatic heterocycles. The molecule has 0 heterocycles. The van der Waals surface area contributed by atoms with Crippen molar-refractivity contribution in [1.82, 2.24) is 4.72 Å². The van der Waals surface area contributed by atoms with E-state index >= 15 is 0 Å². The summed E-state index contributed by atoms with van der Waals surface area (Å²) in [4.78, 5) is 0.0293. The highest BCUT2D eigenvalue weighted by molar-refractivity contribution is 7.89. The molecule has 0 atom stereocenters. The van der Waals surface area contributed by atoms with Crippen LogP contribution in [0.1, 0.15) is 16.7 Å². The van der Waals surface area contributed by atoms with Crippen LogP contribution in [-0.4, -0.2) is 8.42 Å². The molecule has 23 heavy (non-hydrogen) atoms. The maximum absolute atomic E-state index is 12.6. The molecular formula is C15H15F3N2O2S. The van der Waals surface area contributed by atoms with E-state index in [2.05, 4.69) is 4.72 Å². The average molecular weight is 344 g/mol. The topological polar surface area (TPSA) is 72.2 Å². The molecule has 2 rings (SSSR count). The molecule has 3 N–H and O–H groups in total. The minimum atomic E-state index is -4.47. The van der Waals surface area contributed by atoms with Crippen LogP contribution < -0.4 is 10.5 Å². The fourth-order valence-electron chi connectivity index (χ4n) is 1.92. The second kappa shape index (κ2) is 6.69. The van der Waals surface area contributed by atoms with Crippen LogP contribution in [0, 0.1) is 0 Å². The smallest absolute Gasteiger partial charge is 0.326 e. The second-order valence-corrected chi connectivity index (χ2v) is 6.64. The van der Waals surface area contributed by atoms with Crippen molar-refractivity contribution in [1.29, 1.82) is 0 Å². The predicted octanol–water partition coefficient (Wildman–Crippen LogP) is 2.64. The number of nitrogens with two attached hydrogens (primary N) is 1. The van der Waals surface area contributed by atoms with Crippen LogP contribution in [0.15, 0.2) is 53.4 Å².